The Bertz CT molecular complexity index is 1340. The van der Waals surface area contributed by atoms with Crippen molar-refractivity contribution in [3.05, 3.63) is 71.4 Å². The zero-order chi connectivity index (χ0) is 27.1. The average molecular weight is 523 g/mol. The van der Waals surface area contributed by atoms with Crippen molar-refractivity contribution in [2.75, 3.05) is 26.7 Å². The molecule has 0 bridgehead atoms. The van der Waals surface area contributed by atoms with Gasteiger partial charge in [-0.15, -0.1) is 0 Å². The summed E-state index contributed by atoms with van der Waals surface area (Å²) in [5.74, 6) is 4.40. The third-order valence-electron chi connectivity index (χ3n) is 7.31. The standard InChI is InChI=1S/C30H32F2N2O4/c1-38-23-7-9-28-25(18-23)24(12-14-33-28)29(35)10-5-21-13-16-34(19-22(21)6-11-30(36)37)15-2-3-20-4-8-26(31)27(32)17-20/h4,7-9,12,14,17-18,21-22,29,35H,5-6,10-11,13,15-16,19H2,1H3,(H,36,37)/t21-,22-,29-/m1/s1. The molecule has 3 aromatic rings. The number of fused-ring (bicyclic) bond motifs is 1. The number of hydrogen-bond acceptors (Lipinski definition) is 5. The maximum atomic E-state index is 13.4. The van der Waals surface area contributed by atoms with Crippen LogP contribution in [0.25, 0.3) is 10.9 Å². The van der Waals surface area contributed by atoms with Gasteiger partial charge in [0.1, 0.15) is 5.75 Å². The minimum Gasteiger partial charge on any atom is -0.497 e. The van der Waals surface area contributed by atoms with Gasteiger partial charge in [-0.3, -0.25) is 14.7 Å². The lowest BCUT2D eigenvalue weighted by Crippen LogP contribution is -2.41. The quantitative estimate of drug-likeness (QED) is 0.377. The summed E-state index contributed by atoms with van der Waals surface area (Å²) < 4.78 is 31.9. The predicted octanol–water partition coefficient (Wildman–Crippen LogP) is 5.19. The smallest absolute Gasteiger partial charge is 0.303 e. The maximum absolute atomic E-state index is 13.4. The van der Waals surface area contributed by atoms with Gasteiger partial charge in [0.25, 0.3) is 0 Å². The average Bonchev–Trinajstić information content (AvgIpc) is 2.92. The number of carboxylic acid groups (broad SMARTS) is 1. The SMILES string of the molecule is COc1ccc2nccc([C@H](O)CC[C@@H]3CCN(CC#Cc4ccc(F)c(F)c4)C[C@H]3CCC(=O)O)c2c1. The number of likely N-dealkylation sites (tertiary alicyclic amines) is 1. The van der Waals surface area contributed by atoms with E-state index in [1.807, 2.05) is 24.3 Å². The third-order valence-corrected chi connectivity index (χ3v) is 7.31. The zero-order valence-electron chi connectivity index (χ0n) is 21.4. The molecule has 2 N–H and O–H groups in total. The molecule has 1 aliphatic heterocycles. The summed E-state index contributed by atoms with van der Waals surface area (Å²) in [6, 6.07) is 11.0. The molecule has 0 saturated carbocycles. The molecule has 6 nitrogen and oxygen atoms in total. The summed E-state index contributed by atoms with van der Waals surface area (Å²) >= 11 is 0. The highest BCUT2D eigenvalue weighted by molar-refractivity contribution is 5.83. The van der Waals surface area contributed by atoms with Gasteiger partial charge < -0.3 is 14.9 Å². The van der Waals surface area contributed by atoms with Crippen LogP contribution in [0.4, 0.5) is 8.78 Å². The highest BCUT2D eigenvalue weighted by Gasteiger charge is 2.30. The van der Waals surface area contributed by atoms with Crippen molar-refractivity contribution in [2.24, 2.45) is 11.8 Å². The second kappa shape index (κ2) is 12.8. The van der Waals surface area contributed by atoms with E-state index in [9.17, 15) is 23.8 Å². The molecule has 0 unspecified atom stereocenters. The molecule has 0 aliphatic carbocycles. The number of rotatable bonds is 9. The number of pyridine rings is 1. The molecule has 0 radical (unpaired) electrons. The predicted molar refractivity (Wildman–Crippen MR) is 141 cm³/mol. The number of piperidine rings is 1. The lowest BCUT2D eigenvalue weighted by Gasteiger charge is -2.38. The van der Waals surface area contributed by atoms with Crippen LogP contribution in [0.1, 0.15) is 49.3 Å². The van der Waals surface area contributed by atoms with Crippen LogP contribution in [0.5, 0.6) is 5.75 Å². The van der Waals surface area contributed by atoms with Crippen LogP contribution in [-0.2, 0) is 4.79 Å². The van der Waals surface area contributed by atoms with Gasteiger partial charge >= 0.3 is 5.97 Å². The van der Waals surface area contributed by atoms with E-state index in [0.29, 0.717) is 37.2 Å². The molecular formula is C30H32F2N2O4. The Morgan fingerprint density at radius 2 is 2.00 bits per heavy atom. The molecule has 2 heterocycles. The molecule has 1 saturated heterocycles. The van der Waals surface area contributed by atoms with Gasteiger partial charge in [-0.25, -0.2) is 8.78 Å². The fourth-order valence-corrected chi connectivity index (χ4v) is 5.23. The van der Waals surface area contributed by atoms with E-state index in [1.54, 1.807) is 13.3 Å². The Labute approximate surface area is 221 Å². The van der Waals surface area contributed by atoms with Gasteiger partial charge in [0, 0.05) is 30.1 Å². The first kappa shape index (κ1) is 27.5. The van der Waals surface area contributed by atoms with Crippen LogP contribution in [-0.4, -0.2) is 52.8 Å². The number of carbonyl (C=O) groups is 1. The number of benzene rings is 2. The summed E-state index contributed by atoms with van der Waals surface area (Å²) in [6.45, 7) is 1.96. The number of aliphatic hydroxyl groups is 1. The van der Waals surface area contributed by atoms with Crippen molar-refractivity contribution in [1.29, 1.82) is 0 Å². The summed E-state index contributed by atoms with van der Waals surface area (Å²) in [6.07, 6.45) is 3.87. The van der Waals surface area contributed by atoms with Crippen molar-refractivity contribution in [3.63, 3.8) is 0 Å². The van der Waals surface area contributed by atoms with Crippen LogP contribution in [0.2, 0.25) is 0 Å². The monoisotopic (exact) mass is 522 g/mol. The molecule has 38 heavy (non-hydrogen) atoms. The van der Waals surface area contributed by atoms with Crippen molar-refractivity contribution >= 4 is 16.9 Å². The van der Waals surface area contributed by atoms with Gasteiger partial charge in [0.15, 0.2) is 11.6 Å². The van der Waals surface area contributed by atoms with Crippen molar-refractivity contribution in [1.82, 2.24) is 9.88 Å². The lowest BCUT2D eigenvalue weighted by atomic mass is 9.79. The topological polar surface area (TPSA) is 82.9 Å². The normalized spacial score (nSPS) is 18.5. The molecule has 0 amide bonds. The number of methoxy groups -OCH3 is 1. The molecule has 3 atom stereocenters. The Morgan fingerprint density at radius 1 is 1.16 bits per heavy atom. The largest absolute Gasteiger partial charge is 0.497 e. The first-order valence-corrected chi connectivity index (χ1v) is 12.8. The number of nitrogens with zero attached hydrogens (tertiary/aromatic N) is 2. The molecule has 4 rings (SSSR count). The Balaban J connectivity index is 1.39. The summed E-state index contributed by atoms with van der Waals surface area (Å²) in [5.41, 5.74) is 2.01. The first-order valence-electron chi connectivity index (χ1n) is 12.8. The van der Waals surface area contributed by atoms with E-state index < -0.39 is 23.7 Å². The Kier molecular flexibility index (Phi) is 9.27. The summed E-state index contributed by atoms with van der Waals surface area (Å²) in [7, 11) is 1.60. The van der Waals surface area contributed by atoms with Crippen LogP contribution in [0.15, 0.2) is 48.7 Å². The first-order chi connectivity index (χ1) is 18.3. The highest BCUT2D eigenvalue weighted by atomic mass is 19.2. The Morgan fingerprint density at radius 3 is 2.76 bits per heavy atom. The third kappa shape index (κ3) is 7.06. The summed E-state index contributed by atoms with van der Waals surface area (Å²) in [5, 5.41) is 21.2. The fraction of sp³-hybridized carbons (Fsp3) is 0.400. The minimum absolute atomic E-state index is 0.0902. The second-order valence-electron chi connectivity index (χ2n) is 9.78. The maximum Gasteiger partial charge on any atom is 0.303 e. The second-order valence-corrected chi connectivity index (χ2v) is 9.78. The molecule has 1 fully saturated rings. The van der Waals surface area contributed by atoms with E-state index in [4.69, 9.17) is 4.74 Å². The number of aliphatic carboxylic acids is 1. The molecule has 1 aromatic heterocycles. The molecule has 2 aromatic carbocycles. The highest BCUT2D eigenvalue weighted by Crippen LogP contribution is 2.35. The van der Waals surface area contributed by atoms with E-state index in [-0.39, 0.29) is 18.3 Å². The Hall–Kier alpha value is -3.54. The number of hydrogen-bond donors (Lipinski definition) is 2. The molecule has 0 spiro atoms. The van der Waals surface area contributed by atoms with Crippen LogP contribution in [0.3, 0.4) is 0 Å². The zero-order valence-corrected chi connectivity index (χ0v) is 21.4. The number of ether oxygens (including phenoxy) is 1. The van der Waals surface area contributed by atoms with Gasteiger partial charge in [0.2, 0.25) is 0 Å². The molecule has 8 heteroatoms. The molecular weight excluding hydrogens is 490 g/mol. The molecule has 1 aliphatic rings. The van der Waals surface area contributed by atoms with E-state index >= 15 is 0 Å². The van der Waals surface area contributed by atoms with Crippen molar-refractivity contribution in [2.45, 2.75) is 38.2 Å². The van der Waals surface area contributed by atoms with Gasteiger partial charge in [-0.1, -0.05) is 11.8 Å². The molecule has 200 valence electrons. The fourth-order valence-electron chi connectivity index (χ4n) is 5.23. The van der Waals surface area contributed by atoms with E-state index in [2.05, 4.69) is 21.7 Å². The minimum atomic E-state index is -0.924. The van der Waals surface area contributed by atoms with Gasteiger partial charge in [-0.05, 0) is 92.1 Å². The van der Waals surface area contributed by atoms with Crippen LogP contribution >= 0.6 is 0 Å². The summed E-state index contributed by atoms with van der Waals surface area (Å²) in [4.78, 5) is 17.9. The van der Waals surface area contributed by atoms with Gasteiger partial charge in [0.05, 0.1) is 25.3 Å². The van der Waals surface area contributed by atoms with Gasteiger partial charge in [-0.2, -0.15) is 0 Å². The number of aliphatic hydroxyl groups excluding tert-OH is 1. The van der Waals surface area contributed by atoms with E-state index in [0.717, 1.165) is 48.0 Å². The van der Waals surface area contributed by atoms with Crippen LogP contribution in [0, 0.1) is 35.3 Å². The van der Waals surface area contributed by atoms with Crippen molar-refractivity contribution < 1.29 is 28.5 Å². The number of carboxylic acids is 1. The number of aromatic nitrogens is 1. The van der Waals surface area contributed by atoms with Crippen LogP contribution < -0.4 is 4.74 Å². The lowest BCUT2D eigenvalue weighted by molar-refractivity contribution is -0.137. The van der Waals surface area contributed by atoms with Crippen molar-refractivity contribution in [3.8, 4) is 17.6 Å². The number of halogens is 2. The van der Waals surface area contributed by atoms with E-state index in [1.165, 1.54) is 6.07 Å².